The normalized spacial score (nSPS) is 16.6. The molecule has 1 saturated carbocycles. The van der Waals surface area contributed by atoms with E-state index in [2.05, 4.69) is 22.0 Å². The topological polar surface area (TPSA) is 44.1 Å². The lowest BCUT2D eigenvalue weighted by Crippen LogP contribution is -2.45. The summed E-state index contributed by atoms with van der Waals surface area (Å²) in [6.45, 7) is 1.96. The third kappa shape index (κ3) is 2.04. The van der Waals surface area contributed by atoms with Crippen molar-refractivity contribution in [3.05, 3.63) is 28.2 Å². The monoisotopic (exact) mass is 306 g/mol. The molecule has 0 saturated heterocycles. The summed E-state index contributed by atoms with van der Waals surface area (Å²) in [6, 6.07) is 8.02. The number of amides is 1. The van der Waals surface area contributed by atoms with E-state index in [1.807, 2.05) is 25.1 Å². The number of hydrogen-bond donors (Lipinski definition) is 0. The average molecular weight is 307 g/mol. The predicted octanol–water partition coefficient (Wildman–Crippen LogP) is 3.41. The number of carbonyl (C=O) groups is 1. The number of rotatable bonds is 2. The lowest BCUT2D eigenvalue weighted by molar-refractivity contribution is -0.128. The Morgan fingerprint density at radius 2 is 2.17 bits per heavy atom. The molecule has 0 aliphatic heterocycles. The molecule has 18 heavy (non-hydrogen) atoms. The molecule has 0 unspecified atom stereocenters. The van der Waals surface area contributed by atoms with E-state index < -0.39 is 5.41 Å². The Morgan fingerprint density at radius 3 is 2.67 bits per heavy atom. The second-order valence-electron chi connectivity index (χ2n) is 4.84. The second kappa shape index (κ2) is 4.74. The molecule has 0 aromatic heterocycles. The minimum Gasteiger partial charge on any atom is -0.314 e. The van der Waals surface area contributed by atoms with Crippen LogP contribution in [0.15, 0.2) is 22.7 Å². The summed E-state index contributed by atoms with van der Waals surface area (Å²) in [5, 5.41) is 9.22. The van der Waals surface area contributed by atoms with Crippen LogP contribution < -0.4 is 4.90 Å². The van der Waals surface area contributed by atoms with E-state index in [1.54, 1.807) is 11.9 Å². The van der Waals surface area contributed by atoms with Crippen molar-refractivity contribution in [2.45, 2.75) is 26.2 Å². The van der Waals surface area contributed by atoms with Crippen LogP contribution in [0.5, 0.6) is 0 Å². The Hall–Kier alpha value is -1.34. The Morgan fingerprint density at radius 1 is 1.50 bits per heavy atom. The Kier molecular flexibility index (Phi) is 3.45. The van der Waals surface area contributed by atoms with Crippen molar-refractivity contribution in [3.63, 3.8) is 0 Å². The van der Waals surface area contributed by atoms with Crippen molar-refractivity contribution in [2.24, 2.45) is 5.41 Å². The third-order valence-corrected chi connectivity index (χ3v) is 4.16. The molecule has 0 bridgehead atoms. The molecular weight excluding hydrogens is 292 g/mol. The molecule has 0 spiro atoms. The lowest BCUT2D eigenvalue weighted by Gasteiger charge is -2.37. The first-order chi connectivity index (χ1) is 8.50. The van der Waals surface area contributed by atoms with Crippen molar-refractivity contribution in [3.8, 4) is 6.07 Å². The Balaban J connectivity index is 2.31. The van der Waals surface area contributed by atoms with Gasteiger partial charge in [0.15, 0.2) is 0 Å². The van der Waals surface area contributed by atoms with Crippen molar-refractivity contribution in [1.29, 1.82) is 5.26 Å². The summed E-state index contributed by atoms with van der Waals surface area (Å²) < 4.78 is 0.933. The average Bonchev–Trinajstić information content (AvgIpc) is 2.30. The number of nitriles is 1. The summed E-state index contributed by atoms with van der Waals surface area (Å²) in [5.41, 5.74) is 1.10. The minimum atomic E-state index is -0.788. The van der Waals surface area contributed by atoms with Crippen LogP contribution in [-0.2, 0) is 4.79 Å². The number of nitrogens with zero attached hydrogens (tertiary/aromatic N) is 2. The molecule has 2 rings (SSSR count). The van der Waals surface area contributed by atoms with Gasteiger partial charge in [0.1, 0.15) is 5.41 Å². The summed E-state index contributed by atoms with van der Waals surface area (Å²) in [7, 11) is 1.74. The fourth-order valence-electron chi connectivity index (χ4n) is 2.28. The molecule has 1 aliphatic rings. The molecule has 94 valence electrons. The van der Waals surface area contributed by atoms with Crippen molar-refractivity contribution in [2.75, 3.05) is 11.9 Å². The fourth-order valence-corrected chi connectivity index (χ4v) is 2.63. The highest BCUT2D eigenvalue weighted by atomic mass is 79.9. The van der Waals surface area contributed by atoms with Crippen LogP contribution in [0.1, 0.15) is 24.8 Å². The SMILES string of the molecule is Cc1ccc(Br)cc1N(C)C(=O)C1(C#N)CCC1. The van der Waals surface area contributed by atoms with Gasteiger partial charge in [-0.1, -0.05) is 22.0 Å². The summed E-state index contributed by atoms with van der Waals surface area (Å²) in [4.78, 5) is 14.0. The molecule has 0 radical (unpaired) electrons. The molecule has 0 atom stereocenters. The Bertz CT molecular complexity index is 529. The van der Waals surface area contributed by atoms with Gasteiger partial charge in [-0.3, -0.25) is 4.79 Å². The van der Waals surface area contributed by atoms with Crippen LogP contribution in [-0.4, -0.2) is 13.0 Å². The van der Waals surface area contributed by atoms with Gasteiger partial charge in [0.05, 0.1) is 6.07 Å². The van der Waals surface area contributed by atoms with Crippen molar-refractivity contribution in [1.82, 2.24) is 0 Å². The molecule has 3 nitrogen and oxygen atoms in total. The third-order valence-electron chi connectivity index (χ3n) is 3.67. The molecule has 0 heterocycles. The van der Waals surface area contributed by atoms with E-state index in [1.165, 1.54) is 0 Å². The number of carbonyl (C=O) groups excluding carboxylic acids is 1. The van der Waals surface area contributed by atoms with Gasteiger partial charge in [0, 0.05) is 17.2 Å². The highest BCUT2D eigenvalue weighted by Gasteiger charge is 2.46. The van der Waals surface area contributed by atoms with Gasteiger partial charge in [-0.2, -0.15) is 5.26 Å². The molecule has 1 aliphatic carbocycles. The van der Waals surface area contributed by atoms with Crippen LogP contribution >= 0.6 is 15.9 Å². The standard InChI is InChI=1S/C14H15BrN2O/c1-10-4-5-11(15)8-12(10)17(2)13(18)14(9-16)6-3-7-14/h4-5,8H,3,6-7H2,1-2H3. The number of aryl methyl sites for hydroxylation is 1. The van der Waals surface area contributed by atoms with Gasteiger partial charge in [-0.25, -0.2) is 0 Å². The van der Waals surface area contributed by atoms with Gasteiger partial charge in [-0.05, 0) is 43.9 Å². The summed E-state index contributed by atoms with van der Waals surface area (Å²) in [5.74, 6) is -0.0857. The zero-order valence-electron chi connectivity index (χ0n) is 10.5. The number of anilines is 1. The quantitative estimate of drug-likeness (QED) is 0.840. The van der Waals surface area contributed by atoms with Gasteiger partial charge in [0.2, 0.25) is 5.91 Å². The van der Waals surface area contributed by atoms with Gasteiger partial charge >= 0.3 is 0 Å². The molecule has 1 aromatic rings. The zero-order chi connectivity index (χ0) is 13.3. The molecule has 1 amide bonds. The number of halogens is 1. The lowest BCUT2D eigenvalue weighted by atomic mass is 9.69. The largest absolute Gasteiger partial charge is 0.314 e. The van der Waals surface area contributed by atoms with Crippen LogP contribution in [0, 0.1) is 23.7 Å². The maximum Gasteiger partial charge on any atom is 0.247 e. The van der Waals surface area contributed by atoms with E-state index in [9.17, 15) is 10.1 Å². The maximum atomic E-state index is 12.4. The highest BCUT2D eigenvalue weighted by molar-refractivity contribution is 9.10. The highest BCUT2D eigenvalue weighted by Crippen LogP contribution is 2.42. The Labute approximate surface area is 116 Å². The van der Waals surface area contributed by atoms with Crippen LogP contribution in [0.4, 0.5) is 5.69 Å². The zero-order valence-corrected chi connectivity index (χ0v) is 12.1. The number of hydrogen-bond acceptors (Lipinski definition) is 2. The van der Waals surface area contributed by atoms with Gasteiger partial charge in [-0.15, -0.1) is 0 Å². The van der Waals surface area contributed by atoms with Crippen LogP contribution in [0.3, 0.4) is 0 Å². The molecule has 4 heteroatoms. The van der Waals surface area contributed by atoms with Gasteiger partial charge < -0.3 is 4.90 Å². The summed E-state index contributed by atoms with van der Waals surface area (Å²) >= 11 is 3.41. The first-order valence-corrected chi connectivity index (χ1v) is 6.75. The van der Waals surface area contributed by atoms with Crippen molar-refractivity contribution < 1.29 is 4.79 Å². The van der Waals surface area contributed by atoms with Crippen LogP contribution in [0.25, 0.3) is 0 Å². The number of benzene rings is 1. The van der Waals surface area contributed by atoms with E-state index in [-0.39, 0.29) is 5.91 Å². The van der Waals surface area contributed by atoms with E-state index >= 15 is 0 Å². The molecule has 1 fully saturated rings. The first-order valence-electron chi connectivity index (χ1n) is 5.96. The van der Waals surface area contributed by atoms with Crippen LogP contribution in [0.2, 0.25) is 0 Å². The molecule has 1 aromatic carbocycles. The summed E-state index contributed by atoms with van der Waals surface area (Å²) in [6.07, 6.45) is 2.32. The predicted molar refractivity (Wildman–Crippen MR) is 74.2 cm³/mol. The minimum absolute atomic E-state index is 0.0857. The van der Waals surface area contributed by atoms with Gasteiger partial charge in [0.25, 0.3) is 0 Å². The van der Waals surface area contributed by atoms with E-state index in [0.29, 0.717) is 12.8 Å². The fraction of sp³-hybridized carbons (Fsp3) is 0.429. The molecule has 0 N–H and O–H groups in total. The van der Waals surface area contributed by atoms with Crippen molar-refractivity contribution >= 4 is 27.5 Å². The molecular formula is C14H15BrN2O. The second-order valence-corrected chi connectivity index (χ2v) is 5.76. The smallest absolute Gasteiger partial charge is 0.247 e. The van der Waals surface area contributed by atoms with E-state index in [4.69, 9.17) is 0 Å². The maximum absolute atomic E-state index is 12.4. The van der Waals surface area contributed by atoms with E-state index in [0.717, 1.165) is 22.1 Å². The first kappa shape index (κ1) is 13.1.